The zero-order valence-corrected chi connectivity index (χ0v) is 36.9. The van der Waals surface area contributed by atoms with Gasteiger partial charge in [-0.3, -0.25) is 0 Å². The Kier molecular flexibility index (Phi) is 15.3. The molecule has 0 nitrogen and oxygen atoms in total. The van der Waals surface area contributed by atoms with Crippen LogP contribution in [0.25, 0.3) is 64.7 Å². The summed E-state index contributed by atoms with van der Waals surface area (Å²) >= 11 is 3.82. The van der Waals surface area contributed by atoms with E-state index in [2.05, 4.69) is 175 Å². The molecule has 0 saturated heterocycles. The molecule has 0 spiro atoms. The maximum atomic E-state index is 2.35. The first-order valence-electron chi connectivity index (χ1n) is 18.1. The number of thiophene rings is 2. The molecule has 8 aromatic rings. The molecule has 0 saturated carbocycles. The van der Waals surface area contributed by atoms with Crippen molar-refractivity contribution in [3.63, 3.8) is 0 Å². The fraction of sp³-hybridized carbons (Fsp3) is 0.208. The molecule has 5 heteroatoms. The number of rotatable bonds is 8. The molecule has 268 valence electrons. The van der Waals surface area contributed by atoms with Gasteiger partial charge in [0.05, 0.1) is 0 Å². The van der Waals surface area contributed by atoms with Crippen molar-refractivity contribution < 1.29 is 51.0 Å². The van der Waals surface area contributed by atoms with Gasteiger partial charge in [0.2, 0.25) is 0 Å². The van der Waals surface area contributed by atoms with Crippen LogP contribution in [0.15, 0.2) is 133 Å². The summed E-state index contributed by atoms with van der Waals surface area (Å²) in [5.74, 6) is 1.14. The quantitative estimate of drug-likeness (QED) is 0.134. The predicted octanol–water partition coefficient (Wildman–Crippen LogP) is 9.29. The van der Waals surface area contributed by atoms with Crippen molar-refractivity contribution in [1.82, 2.24) is 0 Å². The maximum absolute atomic E-state index is 2.35. The zero-order valence-electron chi connectivity index (χ0n) is 31.3. The van der Waals surface area contributed by atoms with Crippen LogP contribution in [0.5, 0.6) is 0 Å². The Morgan fingerprint density at radius 2 is 0.868 bits per heavy atom. The van der Waals surface area contributed by atoms with Crippen molar-refractivity contribution in [2.24, 2.45) is 0 Å². The van der Waals surface area contributed by atoms with Crippen molar-refractivity contribution in [1.29, 1.82) is 0 Å². The summed E-state index contributed by atoms with van der Waals surface area (Å²) in [6.07, 6.45) is 2.22. The van der Waals surface area contributed by atoms with E-state index in [0.717, 1.165) is 12.8 Å². The minimum Gasteiger partial charge on any atom is -1.00 e. The van der Waals surface area contributed by atoms with Crippen LogP contribution in [-0.2, 0) is 39.0 Å². The Labute approximate surface area is 356 Å². The molecule has 0 unspecified atom stereocenters. The van der Waals surface area contributed by atoms with E-state index in [9.17, 15) is 0 Å². The molecule has 0 bridgehead atoms. The van der Waals surface area contributed by atoms with E-state index in [0.29, 0.717) is 11.8 Å². The minimum absolute atomic E-state index is 0. The van der Waals surface area contributed by atoms with Gasteiger partial charge in [0, 0.05) is 0 Å². The molecule has 8 rings (SSSR count). The topological polar surface area (TPSA) is 0 Å². The van der Waals surface area contributed by atoms with E-state index in [-0.39, 0.29) is 51.0 Å². The molecular weight excluding hydrogens is 803 g/mol. The number of benzene rings is 4. The average molecular weight is 849 g/mol. The van der Waals surface area contributed by atoms with Gasteiger partial charge in [-0.15, -0.1) is 69.1 Å². The maximum Gasteiger partial charge on any atom is 4.00 e. The average Bonchev–Trinajstić information content (AvgIpc) is 3.97. The van der Waals surface area contributed by atoms with Gasteiger partial charge in [0.15, 0.2) is 0 Å². The Bertz CT molecular complexity index is 2180. The van der Waals surface area contributed by atoms with E-state index in [4.69, 9.17) is 0 Å². The van der Waals surface area contributed by atoms with Gasteiger partial charge < -0.3 is 24.8 Å². The van der Waals surface area contributed by atoms with Gasteiger partial charge in [0.1, 0.15) is 0 Å². The van der Waals surface area contributed by atoms with Crippen LogP contribution in [0, 0.1) is 0 Å². The van der Waals surface area contributed by atoms with Crippen molar-refractivity contribution in [2.45, 2.75) is 66.2 Å². The first kappa shape index (κ1) is 42.7. The van der Waals surface area contributed by atoms with E-state index in [1.807, 2.05) is 22.7 Å². The van der Waals surface area contributed by atoms with Gasteiger partial charge in [-0.25, -0.2) is 0 Å². The number of fused-ring (bicyclic) bond motifs is 2. The van der Waals surface area contributed by atoms with E-state index >= 15 is 0 Å². The molecule has 0 N–H and O–H groups in total. The summed E-state index contributed by atoms with van der Waals surface area (Å²) in [5.41, 5.74) is 10.7. The summed E-state index contributed by atoms with van der Waals surface area (Å²) in [6, 6.07) is 49.7. The fourth-order valence-corrected chi connectivity index (χ4v) is 8.67. The van der Waals surface area contributed by atoms with E-state index in [1.165, 1.54) is 85.6 Å². The molecule has 0 radical (unpaired) electrons. The van der Waals surface area contributed by atoms with Crippen molar-refractivity contribution in [3.05, 3.63) is 154 Å². The molecule has 6 aromatic carbocycles. The summed E-state index contributed by atoms with van der Waals surface area (Å²) in [5, 5.41) is 5.35. The smallest absolute Gasteiger partial charge is 1.00 e. The van der Waals surface area contributed by atoms with E-state index < -0.39 is 0 Å². The zero-order chi connectivity index (χ0) is 34.8. The van der Waals surface area contributed by atoms with Gasteiger partial charge in [-0.05, 0) is 66.4 Å². The number of hydrogen-bond acceptors (Lipinski definition) is 2. The van der Waals surface area contributed by atoms with Crippen LogP contribution in [0.3, 0.4) is 0 Å². The normalized spacial score (nSPS) is 10.9. The molecule has 0 fully saturated rings. The van der Waals surface area contributed by atoms with Crippen molar-refractivity contribution in [3.8, 4) is 43.1 Å². The Morgan fingerprint density at radius 3 is 1.19 bits per heavy atom. The number of aryl methyl sites for hydroxylation is 2. The van der Waals surface area contributed by atoms with Crippen LogP contribution in [0.2, 0.25) is 0 Å². The van der Waals surface area contributed by atoms with Crippen LogP contribution in [0.4, 0.5) is 0 Å². The molecule has 0 amide bonds. The van der Waals surface area contributed by atoms with Crippen molar-refractivity contribution in [2.75, 3.05) is 0 Å². The monoisotopic (exact) mass is 846 g/mol. The summed E-state index contributed by atoms with van der Waals surface area (Å²) in [4.78, 5) is 5.64. The van der Waals surface area contributed by atoms with Crippen LogP contribution >= 0.6 is 22.7 Å². The fourth-order valence-electron chi connectivity index (χ4n) is 6.80. The molecular formula is C48H46Cl2S2Zr. The molecule has 2 heterocycles. The third-order valence-corrected chi connectivity index (χ3v) is 12.4. The largest absolute Gasteiger partial charge is 4.00 e. The number of halogens is 2. The molecule has 53 heavy (non-hydrogen) atoms. The van der Waals surface area contributed by atoms with Crippen molar-refractivity contribution >= 4 is 44.2 Å². The van der Waals surface area contributed by atoms with Crippen LogP contribution < -0.4 is 24.8 Å². The molecule has 0 aliphatic rings. The Hall–Kier alpha value is -3.04. The van der Waals surface area contributed by atoms with Gasteiger partial charge in [0.25, 0.3) is 0 Å². The van der Waals surface area contributed by atoms with Crippen LogP contribution in [0.1, 0.15) is 74.3 Å². The second-order valence-electron chi connectivity index (χ2n) is 13.9. The van der Waals surface area contributed by atoms with E-state index in [1.54, 1.807) is 0 Å². The summed E-state index contributed by atoms with van der Waals surface area (Å²) in [7, 11) is 0. The van der Waals surface area contributed by atoms with Gasteiger partial charge in [-0.1, -0.05) is 150 Å². The third-order valence-electron chi connectivity index (χ3n) is 9.87. The Balaban J connectivity index is 0.000000224. The second kappa shape index (κ2) is 19.0. The third kappa shape index (κ3) is 9.44. The molecule has 0 aliphatic carbocycles. The Morgan fingerprint density at radius 1 is 0.491 bits per heavy atom. The van der Waals surface area contributed by atoms with Crippen LogP contribution in [-0.4, -0.2) is 0 Å². The number of hydrogen-bond donors (Lipinski definition) is 0. The second-order valence-corrected chi connectivity index (χ2v) is 16.2. The standard InChI is InChI=1S/2C24H23S.2ClH.Zr/c2*1-4-21-12-13-24(25-21)20-14-19-6-5-7-22(23(19)15-20)18-10-8-17(9-11-18)16(2)3;;;/h2*5-16H,4H2,1-3H3;2*1H;/q2*-1;;;+4/p-2. The predicted molar refractivity (Wildman–Crippen MR) is 224 cm³/mol. The van der Waals surface area contributed by atoms with Gasteiger partial charge >= 0.3 is 26.2 Å². The summed E-state index contributed by atoms with van der Waals surface area (Å²) in [6.45, 7) is 13.4. The first-order valence-corrected chi connectivity index (χ1v) is 19.7. The molecule has 0 aliphatic heterocycles. The molecule has 0 atom stereocenters. The first-order chi connectivity index (χ1) is 24.3. The van der Waals surface area contributed by atoms with Gasteiger partial charge in [-0.2, -0.15) is 22.7 Å². The molecule has 2 aromatic heterocycles. The summed E-state index contributed by atoms with van der Waals surface area (Å²) < 4.78 is 0. The SMILES string of the molecule is CCc1ccc(-c2cc3c(-c4ccc(C(C)C)cc4)cccc3[cH-]2)s1.CCc1ccc(-c2cc3c(-c4ccc(C(C)C)cc4)cccc3[cH-]2)s1.[Cl-].[Cl-].[Zr+4]. The minimum atomic E-state index is 0.